The van der Waals surface area contributed by atoms with E-state index in [9.17, 15) is 9.59 Å². The van der Waals surface area contributed by atoms with Crippen LogP contribution in [0.2, 0.25) is 0 Å². The molecule has 6 heteroatoms. The number of ketones is 1. The summed E-state index contributed by atoms with van der Waals surface area (Å²) in [5.41, 5.74) is -0.245. The highest BCUT2D eigenvalue weighted by atomic mass is 16.5. The van der Waals surface area contributed by atoms with Gasteiger partial charge in [-0.05, 0) is 48.6 Å². The van der Waals surface area contributed by atoms with Crippen molar-refractivity contribution in [2.75, 3.05) is 20.8 Å². The van der Waals surface area contributed by atoms with Crippen LogP contribution in [0.25, 0.3) is 11.0 Å². The Morgan fingerprint density at radius 1 is 1.06 bits per heavy atom. The average molecular weight is 443 g/mol. The maximum absolute atomic E-state index is 12.5. The molecule has 0 spiro atoms. The van der Waals surface area contributed by atoms with Crippen LogP contribution in [0, 0.1) is 28.6 Å². The normalized spacial score (nSPS) is 32.4. The van der Waals surface area contributed by atoms with Crippen LogP contribution < -0.4 is 19.8 Å². The SMILES string of the molecule is COc1cc2ccc(=O)oc2c(OC)c1OC[C@@]1(C)[C@@H]2CCC(=O)[C@H](C)[C@@]2(C)CC[C@@H]1C. The van der Waals surface area contributed by atoms with Crippen LogP contribution in [0.5, 0.6) is 17.2 Å². The lowest BCUT2D eigenvalue weighted by Crippen LogP contribution is -2.56. The van der Waals surface area contributed by atoms with Gasteiger partial charge in [0.25, 0.3) is 0 Å². The number of carbonyl (C=O) groups is 1. The Labute approximate surface area is 189 Å². The lowest BCUT2D eigenvalue weighted by Gasteiger charge is -2.59. The van der Waals surface area contributed by atoms with Crippen molar-refractivity contribution in [2.45, 2.75) is 53.4 Å². The molecule has 32 heavy (non-hydrogen) atoms. The Hall–Kier alpha value is -2.50. The number of fused-ring (bicyclic) bond motifs is 2. The Bertz CT molecular complexity index is 1090. The third-order valence-electron chi connectivity index (χ3n) is 8.72. The van der Waals surface area contributed by atoms with Gasteiger partial charge in [0.1, 0.15) is 5.78 Å². The molecule has 1 aromatic heterocycles. The highest BCUT2D eigenvalue weighted by Gasteiger charge is 2.57. The molecule has 174 valence electrons. The Balaban J connectivity index is 1.73. The quantitative estimate of drug-likeness (QED) is 0.589. The molecule has 0 N–H and O–H groups in total. The highest BCUT2D eigenvalue weighted by Crippen LogP contribution is 2.61. The second kappa shape index (κ2) is 8.13. The minimum absolute atomic E-state index is 0.0235. The molecule has 2 saturated carbocycles. The third-order valence-corrected chi connectivity index (χ3v) is 8.72. The molecule has 0 unspecified atom stereocenters. The first kappa shape index (κ1) is 22.7. The molecule has 2 aromatic rings. The summed E-state index contributed by atoms with van der Waals surface area (Å²) in [6.45, 7) is 9.43. The molecular formula is C26H34O6. The largest absolute Gasteiger partial charge is 0.493 e. The van der Waals surface area contributed by atoms with Crippen molar-refractivity contribution in [1.29, 1.82) is 0 Å². The molecule has 2 aliphatic rings. The standard InChI is InChI=1S/C26H34O6/c1-15-11-12-25(3)16(2)18(27)8-9-20(25)26(15,4)14-31-23-19(29-5)13-17-7-10-21(28)32-22(17)24(23)30-6/h7,10,13,15-16,20H,8-9,11-12,14H2,1-6H3/t15-,16-,20+,25+,26+/m0/s1. The molecule has 0 saturated heterocycles. The number of hydrogen-bond acceptors (Lipinski definition) is 6. The average Bonchev–Trinajstić information content (AvgIpc) is 2.78. The Morgan fingerprint density at radius 3 is 2.50 bits per heavy atom. The first-order chi connectivity index (χ1) is 15.2. The lowest BCUT2D eigenvalue weighted by atomic mass is 9.45. The minimum Gasteiger partial charge on any atom is -0.493 e. The topological polar surface area (TPSA) is 75.0 Å². The van der Waals surface area contributed by atoms with E-state index < -0.39 is 5.63 Å². The molecule has 2 fully saturated rings. The molecule has 2 aliphatic carbocycles. The van der Waals surface area contributed by atoms with Crippen molar-refractivity contribution >= 4 is 16.8 Å². The van der Waals surface area contributed by atoms with Gasteiger partial charge in [-0.15, -0.1) is 0 Å². The first-order valence-electron chi connectivity index (χ1n) is 11.5. The van der Waals surface area contributed by atoms with Crippen molar-refractivity contribution in [2.24, 2.45) is 28.6 Å². The van der Waals surface area contributed by atoms with Gasteiger partial charge in [-0.2, -0.15) is 0 Å². The fourth-order valence-corrected chi connectivity index (χ4v) is 6.26. The van der Waals surface area contributed by atoms with E-state index in [-0.39, 0.29) is 16.7 Å². The van der Waals surface area contributed by atoms with Crippen molar-refractivity contribution in [3.8, 4) is 17.2 Å². The van der Waals surface area contributed by atoms with Gasteiger partial charge in [0.15, 0.2) is 11.3 Å². The summed E-state index contributed by atoms with van der Waals surface area (Å²) in [5.74, 6) is 2.60. The molecule has 0 amide bonds. The smallest absolute Gasteiger partial charge is 0.336 e. The van der Waals surface area contributed by atoms with Gasteiger partial charge in [0.05, 0.1) is 20.8 Å². The number of rotatable bonds is 5. The Morgan fingerprint density at radius 2 is 1.81 bits per heavy atom. The van der Waals surface area contributed by atoms with Crippen LogP contribution in [0.1, 0.15) is 53.4 Å². The van der Waals surface area contributed by atoms with Crippen LogP contribution in [0.15, 0.2) is 27.4 Å². The van der Waals surface area contributed by atoms with Gasteiger partial charge in [0.2, 0.25) is 11.5 Å². The minimum atomic E-state index is -0.448. The summed E-state index contributed by atoms with van der Waals surface area (Å²) in [5, 5.41) is 0.704. The van der Waals surface area contributed by atoms with E-state index in [1.807, 2.05) is 0 Å². The van der Waals surface area contributed by atoms with Crippen LogP contribution in [0.4, 0.5) is 0 Å². The number of Topliss-reactive ketones (excluding diaryl/α,β-unsaturated/α-hetero) is 1. The van der Waals surface area contributed by atoms with Crippen molar-refractivity contribution in [1.82, 2.24) is 0 Å². The van der Waals surface area contributed by atoms with Gasteiger partial charge in [-0.1, -0.05) is 27.7 Å². The molecule has 6 nitrogen and oxygen atoms in total. The molecular weight excluding hydrogens is 408 g/mol. The van der Waals surface area contributed by atoms with Crippen LogP contribution in [-0.4, -0.2) is 26.6 Å². The summed E-state index contributed by atoms with van der Waals surface area (Å²) >= 11 is 0. The van der Waals surface area contributed by atoms with E-state index >= 15 is 0 Å². The molecule has 0 aliphatic heterocycles. The highest BCUT2D eigenvalue weighted by molar-refractivity contribution is 5.88. The first-order valence-corrected chi connectivity index (χ1v) is 11.5. The molecule has 0 bridgehead atoms. The lowest BCUT2D eigenvalue weighted by molar-refractivity contribution is -0.151. The molecule has 5 atom stereocenters. The second-order valence-corrected chi connectivity index (χ2v) is 10.1. The zero-order valence-corrected chi connectivity index (χ0v) is 19.9. The van der Waals surface area contributed by atoms with Gasteiger partial charge in [-0.3, -0.25) is 4.79 Å². The monoisotopic (exact) mass is 442 g/mol. The second-order valence-electron chi connectivity index (χ2n) is 10.1. The van der Waals surface area contributed by atoms with Crippen molar-refractivity contribution in [3.05, 3.63) is 28.6 Å². The predicted octanol–water partition coefficient (Wildman–Crippen LogP) is 5.25. The zero-order chi connectivity index (χ0) is 23.3. The van der Waals surface area contributed by atoms with E-state index in [1.165, 1.54) is 13.2 Å². The van der Waals surface area contributed by atoms with E-state index in [0.29, 0.717) is 58.9 Å². The summed E-state index contributed by atoms with van der Waals surface area (Å²) in [6, 6.07) is 4.86. The maximum Gasteiger partial charge on any atom is 0.336 e. The third kappa shape index (κ3) is 3.39. The predicted molar refractivity (Wildman–Crippen MR) is 123 cm³/mol. The molecule has 1 aromatic carbocycles. The maximum atomic E-state index is 12.5. The number of hydrogen-bond donors (Lipinski definition) is 0. The zero-order valence-electron chi connectivity index (χ0n) is 19.9. The van der Waals surface area contributed by atoms with Crippen LogP contribution >= 0.6 is 0 Å². The van der Waals surface area contributed by atoms with Gasteiger partial charge in [-0.25, -0.2) is 4.79 Å². The van der Waals surface area contributed by atoms with Crippen molar-refractivity contribution in [3.63, 3.8) is 0 Å². The van der Waals surface area contributed by atoms with Crippen molar-refractivity contribution < 1.29 is 23.4 Å². The number of carbonyl (C=O) groups excluding carboxylic acids is 1. The molecule has 0 radical (unpaired) electrons. The van der Waals surface area contributed by atoms with E-state index in [4.69, 9.17) is 18.6 Å². The van der Waals surface area contributed by atoms with E-state index in [1.54, 1.807) is 19.2 Å². The number of benzene rings is 1. The van der Waals surface area contributed by atoms with Crippen LogP contribution in [0.3, 0.4) is 0 Å². The van der Waals surface area contributed by atoms with E-state index in [2.05, 4.69) is 27.7 Å². The summed E-state index contributed by atoms with van der Waals surface area (Å²) in [7, 11) is 3.12. The van der Waals surface area contributed by atoms with Gasteiger partial charge >= 0.3 is 5.63 Å². The molecule has 1 heterocycles. The summed E-state index contributed by atoms with van der Waals surface area (Å²) in [6.07, 6.45) is 3.66. The van der Waals surface area contributed by atoms with Crippen LogP contribution in [-0.2, 0) is 4.79 Å². The number of methoxy groups -OCH3 is 2. The van der Waals surface area contributed by atoms with Gasteiger partial charge in [0, 0.05) is 29.2 Å². The fraction of sp³-hybridized carbons (Fsp3) is 0.615. The fourth-order valence-electron chi connectivity index (χ4n) is 6.26. The molecule has 4 rings (SSSR count). The van der Waals surface area contributed by atoms with E-state index in [0.717, 1.165) is 19.3 Å². The summed E-state index contributed by atoms with van der Waals surface area (Å²) < 4.78 is 23.2. The Kier molecular flexibility index (Phi) is 5.76. The summed E-state index contributed by atoms with van der Waals surface area (Å²) in [4.78, 5) is 24.4. The van der Waals surface area contributed by atoms with Gasteiger partial charge < -0.3 is 18.6 Å². The number of ether oxygens (including phenoxy) is 3.